The van der Waals surface area contributed by atoms with E-state index in [0.717, 1.165) is 89.6 Å². The predicted octanol–water partition coefficient (Wildman–Crippen LogP) is 15.0. The molecule has 0 saturated carbocycles. The number of benzene rings is 8. The molecule has 3 nitrogen and oxygen atoms in total. The number of rotatable bonds is 9. The number of hydrogen-bond donors (Lipinski definition) is 0. The molecule has 0 N–H and O–H groups in total. The molecule has 0 unspecified atom stereocenters. The van der Waals surface area contributed by atoms with Crippen molar-refractivity contribution >= 4 is 66.0 Å². The maximum Gasteiger partial charge on any atom is 0.136 e. The summed E-state index contributed by atoms with van der Waals surface area (Å²) in [7, 11) is 0. The molecule has 56 heavy (non-hydrogen) atoms. The summed E-state index contributed by atoms with van der Waals surface area (Å²) in [6.45, 7) is 4.12. The summed E-state index contributed by atoms with van der Waals surface area (Å²) in [6.07, 6.45) is 9.18. The Morgan fingerprint density at radius 1 is 0.500 bits per heavy atom. The van der Waals surface area contributed by atoms with Gasteiger partial charge in [0, 0.05) is 38.6 Å². The molecule has 2 aromatic heterocycles. The first-order valence-corrected chi connectivity index (χ1v) is 19.0. The van der Waals surface area contributed by atoms with Crippen LogP contribution in [0.25, 0.3) is 76.9 Å². The van der Waals surface area contributed by atoms with E-state index in [2.05, 4.69) is 181 Å². The van der Waals surface area contributed by atoms with Crippen molar-refractivity contribution in [1.29, 1.82) is 0 Å². The van der Waals surface area contributed by atoms with E-state index in [4.69, 9.17) is 8.83 Å². The maximum atomic E-state index is 6.27. The number of para-hydroxylation sites is 2. The Balaban J connectivity index is 1.06. The monoisotopic (exact) mass is 719 g/mol. The van der Waals surface area contributed by atoms with Crippen LogP contribution in [0, 0.1) is 0 Å². The Hall–Kier alpha value is -7.36. The summed E-state index contributed by atoms with van der Waals surface area (Å²) < 4.78 is 12.4. The van der Waals surface area contributed by atoms with Gasteiger partial charge in [0.1, 0.15) is 22.3 Å². The number of fused-ring (bicyclic) bond motifs is 8. The first-order chi connectivity index (χ1) is 27.7. The van der Waals surface area contributed by atoms with Gasteiger partial charge in [0.05, 0.1) is 0 Å². The number of furan rings is 2. The average molecular weight is 720 g/mol. The van der Waals surface area contributed by atoms with Gasteiger partial charge in [0.15, 0.2) is 0 Å². The molecule has 0 spiro atoms. The molecule has 10 aromatic rings. The van der Waals surface area contributed by atoms with Crippen molar-refractivity contribution in [3.8, 4) is 22.3 Å². The van der Waals surface area contributed by atoms with Crippen LogP contribution in [0.5, 0.6) is 0 Å². The Labute approximate surface area is 325 Å². The Bertz CT molecular complexity index is 3120. The van der Waals surface area contributed by atoms with E-state index in [-0.39, 0.29) is 0 Å². The van der Waals surface area contributed by atoms with Crippen LogP contribution in [-0.4, -0.2) is 0 Å². The lowest BCUT2D eigenvalue weighted by Crippen LogP contribution is -2.15. The van der Waals surface area contributed by atoms with E-state index < -0.39 is 0 Å². The van der Waals surface area contributed by atoms with Crippen molar-refractivity contribution in [2.75, 3.05) is 4.90 Å². The molecule has 10 rings (SSSR count). The quantitative estimate of drug-likeness (QED) is 0.139. The second kappa shape index (κ2) is 14.1. The minimum atomic E-state index is 0.820. The van der Waals surface area contributed by atoms with E-state index in [1.165, 1.54) is 16.3 Å². The van der Waals surface area contributed by atoms with Gasteiger partial charge in [-0.05, 0) is 112 Å². The lowest BCUT2D eigenvalue weighted by atomic mass is 9.97. The fourth-order valence-electron chi connectivity index (χ4n) is 8.07. The lowest BCUT2D eigenvalue weighted by molar-refractivity contribution is 0.668. The molecule has 2 heterocycles. The largest absolute Gasteiger partial charge is 0.456 e. The van der Waals surface area contributed by atoms with Gasteiger partial charge >= 0.3 is 0 Å². The highest BCUT2D eigenvalue weighted by Crippen LogP contribution is 2.41. The third-order valence-corrected chi connectivity index (χ3v) is 10.7. The van der Waals surface area contributed by atoms with Crippen LogP contribution in [0.3, 0.4) is 0 Å². The van der Waals surface area contributed by atoms with Crippen LogP contribution in [0.15, 0.2) is 221 Å². The standard InChI is InChI=1S/C53H37NO2/c1-2-13-41(18-10-16-36-14-4-3-5-15-36)54(43-19-11-17-39(35-43)44-22-12-25-50-52(44)46-20-6-8-23-48(46)55-50)42-30-26-37(27-31-42)38-28-32-45-40(34-38)29-33-51-53(45)47-21-7-9-24-49(47)56-51/h2-15,17-35H,1,16H2/b18-10-,41-13+. The van der Waals surface area contributed by atoms with Crippen molar-refractivity contribution in [3.05, 3.63) is 218 Å². The molecular weight excluding hydrogens is 683 g/mol. The Kier molecular flexibility index (Phi) is 8.38. The van der Waals surface area contributed by atoms with E-state index in [1.54, 1.807) is 0 Å². The Morgan fingerprint density at radius 3 is 1.96 bits per heavy atom. The summed E-state index contributed by atoms with van der Waals surface area (Å²) >= 11 is 0. The third kappa shape index (κ3) is 5.96. The molecule has 0 radical (unpaired) electrons. The van der Waals surface area contributed by atoms with Crippen LogP contribution in [-0.2, 0) is 6.42 Å². The zero-order chi connectivity index (χ0) is 37.4. The number of anilines is 2. The molecule has 0 fully saturated rings. The highest BCUT2D eigenvalue weighted by Gasteiger charge is 2.17. The molecule has 0 aliphatic rings. The molecule has 0 bridgehead atoms. The van der Waals surface area contributed by atoms with Gasteiger partial charge in [-0.15, -0.1) is 0 Å². The zero-order valence-electron chi connectivity index (χ0n) is 30.7. The van der Waals surface area contributed by atoms with E-state index >= 15 is 0 Å². The number of hydrogen-bond acceptors (Lipinski definition) is 3. The SMILES string of the molecule is C=C/C=C(\C=C/Cc1ccccc1)N(c1ccc(-c2ccc3c(ccc4oc5ccccc5c43)c2)cc1)c1cccc(-c2cccc3oc4ccccc4c23)c1. The lowest BCUT2D eigenvalue weighted by Gasteiger charge is -2.27. The van der Waals surface area contributed by atoms with Crippen LogP contribution >= 0.6 is 0 Å². The Morgan fingerprint density at radius 2 is 1.18 bits per heavy atom. The molecule has 3 heteroatoms. The molecule has 0 saturated heterocycles. The van der Waals surface area contributed by atoms with Crippen molar-refractivity contribution in [2.45, 2.75) is 6.42 Å². The van der Waals surface area contributed by atoms with Gasteiger partial charge in [-0.2, -0.15) is 0 Å². The average Bonchev–Trinajstić information content (AvgIpc) is 3.83. The van der Waals surface area contributed by atoms with Gasteiger partial charge < -0.3 is 13.7 Å². The second-order valence-electron chi connectivity index (χ2n) is 14.1. The second-order valence-corrected chi connectivity index (χ2v) is 14.1. The highest BCUT2D eigenvalue weighted by atomic mass is 16.3. The fourth-order valence-corrected chi connectivity index (χ4v) is 8.07. The molecule has 266 valence electrons. The van der Waals surface area contributed by atoms with Crippen molar-refractivity contribution in [2.24, 2.45) is 0 Å². The first kappa shape index (κ1) is 33.2. The van der Waals surface area contributed by atoms with Gasteiger partial charge in [0.25, 0.3) is 0 Å². The van der Waals surface area contributed by atoms with Gasteiger partial charge in [0.2, 0.25) is 0 Å². The van der Waals surface area contributed by atoms with E-state index in [0.29, 0.717) is 0 Å². The number of nitrogens with zero attached hydrogens (tertiary/aromatic N) is 1. The van der Waals surface area contributed by atoms with Crippen LogP contribution in [0.4, 0.5) is 11.4 Å². The smallest absolute Gasteiger partial charge is 0.136 e. The minimum absolute atomic E-state index is 0.820. The first-order valence-electron chi connectivity index (χ1n) is 19.0. The van der Waals surface area contributed by atoms with Crippen LogP contribution < -0.4 is 4.90 Å². The maximum absolute atomic E-state index is 6.27. The van der Waals surface area contributed by atoms with Gasteiger partial charge in [-0.1, -0.05) is 140 Å². The molecule has 0 aliphatic carbocycles. The van der Waals surface area contributed by atoms with Crippen molar-refractivity contribution < 1.29 is 8.83 Å². The van der Waals surface area contributed by atoms with E-state index in [9.17, 15) is 0 Å². The summed E-state index contributed by atoms with van der Waals surface area (Å²) in [5.41, 5.74) is 12.5. The topological polar surface area (TPSA) is 29.5 Å². The number of allylic oxidation sites excluding steroid dienone is 4. The molecule has 0 atom stereocenters. The fraction of sp³-hybridized carbons (Fsp3) is 0.0189. The molecule has 0 amide bonds. The van der Waals surface area contributed by atoms with Gasteiger partial charge in [-0.25, -0.2) is 0 Å². The highest BCUT2D eigenvalue weighted by molar-refractivity contribution is 6.19. The summed E-state index contributed by atoms with van der Waals surface area (Å²) in [5.74, 6) is 0. The normalized spacial score (nSPS) is 12.1. The van der Waals surface area contributed by atoms with E-state index in [1.807, 2.05) is 30.3 Å². The summed E-state index contributed by atoms with van der Waals surface area (Å²) in [6, 6.07) is 62.0. The molecular formula is C53H37NO2. The summed E-state index contributed by atoms with van der Waals surface area (Å²) in [4.78, 5) is 2.31. The van der Waals surface area contributed by atoms with Gasteiger partial charge in [-0.3, -0.25) is 0 Å². The molecule has 0 aliphatic heterocycles. The van der Waals surface area contributed by atoms with Crippen molar-refractivity contribution in [1.82, 2.24) is 0 Å². The molecule has 8 aromatic carbocycles. The zero-order valence-corrected chi connectivity index (χ0v) is 30.7. The van der Waals surface area contributed by atoms with Crippen molar-refractivity contribution in [3.63, 3.8) is 0 Å². The summed E-state index contributed by atoms with van der Waals surface area (Å²) in [5, 5.41) is 6.92. The van der Waals surface area contributed by atoms with Crippen LogP contribution in [0.2, 0.25) is 0 Å². The predicted molar refractivity (Wildman–Crippen MR) is 236 cm³/mol. The third-order valence-electron chi connectivity index (χ3n) is 10.7. The minimum Gasteiger partial charge on any atom is -0.456 e. The van der Waals surface area contributed by atoms with Crippen LogP contribution in [0.1, 0.15) is 5.56 Å².